The topological polar surface area (TPSA) is 76.2 Å². The molecule has 0 unspecified atom stereocenters. The second kappa shape index (κ2) is 5.47. The van der Waals surface area contributed by atoms with Crippen LogP contribution in [0.15, 0.2) is 6.07 Å². The van der Waals surface area contributed by atoms with Crippen LogP contribution in [-0.4, -0.2) is 16.1 Å². The van der Waals surface area contributed by atoms with Crippen molar-refractivity contribution in [3.63, 3.8) is 0 Å². The molecule has 0 aliphatic heterocycles. The lowest BCUT2D eigenvalue weighted by atomic mass is 10.0. The third-order valence-electron chi connectivity index (χ3n) is 2.27. The van der Waals surface area contributed by atoms with Crippen LogP contribution in [0.2, 0.25) is 0 Å². The molecule has 0 bridgehead atoms. The van der Waals surface area contributed by atoms with E-state index in [1.807, 2.05) is 0 Å². The van der Waals surface area contributed by atoms with Gasteiger partial charge < -0.3 is 10.8 Å². The SMILES string of the molecule is NCc1c(CC(=O)O)cc(C(F)F)nc1C(F)(F)F. The first kappa shape index (κ1) is 15.3. The summed E-state index contributed by atoms with van der Waals surface area (Å²) in [5.74, 6) is -1.45. The molecule has 0 atom stereocenters. The summed E-state index contributed by atoms with van der Waals surface area (Å²) in [5, 5.41) is 8.58. The zero-order valence-electron chi connectivity index (χ0n) is 9.34. The average molecular weight is 284 g/mol. The number of rotatable bonds is 4. The Hall–Kier alpha value is -1.77. The number of carboxylic acid groups (broad SMARTS) is 1. The molecule has 0 aliphatic rings. The largest absolute Gasteiger partial charge is 0.481 e. The normalized spacial score (nSPS) is 11.9. The fourth-order valence-electron chi connectivity index (χ4n) is 1.54. The number of nitrogens with zero attached hydrogens (tertiary/aromatic N) is 1. The minimum Gasteiger partial charge on any atom is -0.481 e. The van der Waals surface area contributed by atoms with E-state index in [4.69, 9.17) is 10.8 Å². The van der Waals surface area contributed by atoms with Crippen molar-refractivity contribution in [2.75, 3.05) is 0 Å². The van der Waals surface area contributed by atoms with E-state index in [9.17, 15) is 26.7 Å². The molecule has 0 amide bonds. The fraction of sp³-hybridized carbons (Fsp3) is 0.400. The Labute approximate surface area is 104 Å². The maximum Gasteiger partial charge on any atom is 0.433 e. The summed E-state index contributed by atoms with van der Waals surface area (Å²) in [6, 6.07) is 0.635. The van der Waals surface area contributed by atoms with Crippen LogP contribution < -0.4 is 5.73 Å². The van der Waals surface area contributed by atoms with Gasteiger partial charge in [0.25, 0.3) is 6.43 Å². The van der Waals surface area contributed by atoms with Crippen molar-refractivity contribution >= 4 is 5.97 Å². The minimum absolute atomic E-state index is 0.410. The van der Waals surface area contributed by atoms with E-state index in [-0.39, 0.29) is 0 Å². The van der Waals surface area contributed by atoms with Crippen molar-refractivity contribution < 1.29 is 31.9 Å². The maximum absolute atomic E-state index is 12.7. The first-order valence-electron chi connectivity index (χ1n) is 4.96. The van der Waals surface area contributed by atoms with Crippen molar-refractivity contribution in [1.82, 2.24) is 4.98 Å². The number of aliphatic carboxylic acids is 1. The summed E-state index contributed by atoms with van der Waals surface area (Å²) in [6.45, 7) is -0.645. The molecule has 1 rings (SSSR count). The van der Waals surface area contributed by atoms with Crippen molar-refractivity contribution in [2.24, 2.45) is 5.73 Å². The van der Waals surface area contributed by atoms with Crippen molar-refractivity contribution in [3.05, 3.63) is 28.6 Å². The van der Waals surface area contributed by atoms with Crippen molar-refractivity contribution in [2.45, 2.75) is 25.6 Å². The van der Waals surface area contributed by atoms with Crippen LogP contribution in [-0.2, 0) is 23.9 Å². The molecule has 0 fully saturated rings. The second-order valence-electron chi connectivity index (χ2n) is 3.61. The highest BCUT2D eigenvalue weighted by molar-refractivity contribution is 5.71. The summed E-state index contributed by atoms with van der Waals surface area (Å²) in [6.07, 6.45) is -9.05. The molecule has 0 saturated heterocycles. The molecule has 106 valence electrons. The summed E-state index contributed by atoms with van der Waals surface area (Å²) >= 11 is 0. The van der Waals surface area contributed by atoms with Gasteiger partial charge in [-0.15, -0.1) is 0 Å². The molecular weight excluding hydrogens is 275 g/mol. The van der Waals surface area contributed by atoms with Gasteiger partial charge in [-0.1, -0.05) is 0 Å². The molecule has 0 saturated carbocycles. The maximum atomic E-state index is 12.7. The van der Waals surface area contributed by atoms with Gasteiger partial charge in [-0.2, -0.15) is 13.2 Å². The third kappa shape index (κ3) is 3.60. The highest BCUT2D eigenvalue weighted by Crippen LogP contribution is 2.34. The monoisotopic (exact) mass is 284 g/mol. The van der Waals surface area contributed by atoms with Gasteiger partial charge in [0, 0.05) is 12.1 Å². The molecule has 1 aromatic rings. The van der Waals surface area contributed by atoms with Gasteiger partial charge in [-0.05, 0) is 11.6 Å². The first-order chi connectivity index (χ1) is 8.66. The number of nitrogens with two attached hydrogens (primary N) is 1. The lowest BCUT2D eigenvalue weighted by Crippen LogP contribution is -2.19. The molecule has 0 radical (unpaired) electrons. The molecule has 0 spiro atoms. The number of carbonyl (C=O) groups is 1. The Morgan fingerprint density at radius 1 is 1.42 bits per heavy atom. The molecule has 19 heavy (non-hydrogen) atoms. The highest BCUT2D eigenvalue weighted by Gasteiger charge is 2.37. The van der Waals surface area contributed by atoms with E-state index in [0.717, 1.165) is 0 Å². The van der Waals surface area contributed by atoms with Crippen LogP contribution in [0.5, 0.6) is 0 Å². The van der Waals surface area contributed by atoms with Gasteiger partial charge >= 0.3 is 12.1 Å². The summed E-state index contributed by atoms with van der Waals surface area (Å²) in [5.41, 5.74) is 1.45. The van der Waals surface area contributed by atoms with Crippen LogP contribution >= 0.6 is 0 Å². The molecular formula is C10H9F5N2O2. The summed E-state index contributed by atoms with van der Waals surface area (Å²) < 4.78 is 63.0. The zero-order chi connectivity index (χ0) is 14.8. The summed E-state index contributed by atoms with van der Waals surface area (Å²) in [4.78, 5) is 13.4. The van der Waals surface area contributed by atoms with Gasteiger partial charge in [0.15, 0.2) is 0 Å². The van der Waals surface area contributed by atoms with Gasteiger partial charge in [-0.25, -0.2) is 13.8 Å². The third-order valence-corrected chi connectivity index (χ3v) is 2.27. The molecule has 4 nitrogen and oxygen atoms in total. The van der Waals surface area contributed by atoms with E-state index >= 15 is 0 Å². The number of alkyl halides is 5. The van der Waals surface area contributed by atoms with Crippen LogP contribution in [0.25, 0.3) is 0 Å². The average Bonchev–Trinajstić information content (AvgIpc) is 2.25. The number of hydrogen-bond acceptors (Lipinski definition) is 3. The molecule has 1 heterocycles. The zero-order valence-corrected chi connectivity index (χ0v) is 9.34. The number of halogens is 5. The molecule has 0 aromatic carbocycles. The predicted molar refractivity (Wildman–Crippen MR) is 53.4 cm³/mol. The van der Waals surface area contributed by atoms with E-state index in [1.54, 1.807) is 0 Å². The number of hydrogen-bond donors (Lipinski definition) is 2. The quantitative estimate of drug-likeness (QED) is 0.830. The molecule has 9 heteroatoms. The molecule has 1 aromatic heterocycles. The van der Waals surface area contributed by atoms with Crippen LogP contribution in [0.3, 0.4) is 0 Å². The highest BCUT2D eigenvalue weighted by atomic mass is 19.4. The van der Waals surface area contributed by atoms with E-state index in [0.29, 0.717) is 6.07 Å². The first-order valence-corrected chi connectivity index (χ1v) is 4.96. The fourth-order valence-corrected chi connectivity index (χ4v) is 1.54. The number of carboxylic acids is 1. The second-order valence-corrected chi connectivity index (χ2v) is 3.61. The van der Waals surface area contributed by atoms with E-state index in [2.05, 4.69) is 4.98 Å². The Kier molecular flexibility index (Phi) is 4.40. The standard InChI is InChI=1S/C10H9F5N2O2/c11-9(12)6-1-4(2-7(18)19)5(3-16)8(17-6)10(13,14)15/h1,9H,2-3,16H2,(H,18,19). The number of aromatic nitrogens is 1. The van der Waals surface area contributed by atoms with Crippen LogP contribution in [0.1, 0.15) is 28.9 Å². The lowest BCUT2D eigenvalue weighted by molar-refractivity contribution is -0.142. The van der Waals surface area contributed by atoms with E-state index in [1.165, 1.54) is 0 Å². The Bertz CT molecular complexity index is 488. The van der Waals surface area contributed by atoms with E-state index < -0.39 is 54.1 Å². The molecule has 3 N–H and O–H groups in total. The lowest BCUT2D eigenvalue weighted by Gasteiger charge is -2.16. The van der Waals surface area contributed by atoms with Gasteiger partial charge in [-0.3, -0.25) is 4.79 Å². The van der Waals surface area contributed by atoms with Crippen LogP contribution in [0.4, 0.5) is 22.0 Å². The molecule has 0 aliphatic carbocycles. The number of pyridine rings is 1. The van der Waals surface area contributed by atoms with Gasteiger partial charge in [0.1, 0.15) is 11.4 Å². The smallest absolute Gasteiger partial charge is 0.433 e. The van der Waals surface area contributed by atoms with Gasteiger partial charge in [0.2, 0.25) is 0 Å². The van der Waals surface area contributed by atoms with Gasteiger partial charge in [0.05, 0.1) is 6.42 Å². The van der Waals surface area contributed by atoms with Crippen molar-refractivity contribution in [1.29, 1.82) is 0 Å². The van der Waals surface area contributed by atoms with Crippen molar-refractivity contribution in [3.8, 4) is 0 Å². The Morgan fingerprint density at radius 3 is 2.37 bits per heavy atom. The Morgan fingerprint density at radius 2 is 2.00 bits per heavy atom. The van der Waals surface area contributed by atoms with Crippen LogP contribution in [0, 0.1) is 0 Å². The predicted octanol–water partition coefficient (Wildman–Crippen LogP) is 2.12. The summed E-state index contributed by atoms with van der Waals surface area (Å²) in [7, 11) is 0. The Balaban J connectivity index is 3.51. The minimum atomic E-state index is -4.98.